The average Bonchev–Trinajstić information content (AvgIpc) is 2.47. The van der Waals surface area contributed by atoms with Gasteiger partial charge < -0.3 is 14.7 Å². The van der Waals surface area contributed by atoms with Crippen molar-refractivity contribution in [3.8, 4) is 0 Å². The fourth-order valence-corrected chi connectivity index (χ4v) is 2.03. The van der Waals surface area contributed by atoms with Crippen LogP contribution in [0.15, 0.2) is 30.3 Å². The summed E-state index contributed by atoms with van der Waals surface area (Å²) in [6.45, 7) is 8.64. The Kier molecular flexibility index (Phi) is 7.72. The van der Waals surface area contributed by atoms with Crippen LogP contribution in [0.4, 0.5) is 4.32 Å². The van der Waals surface area contributed by atoms with Gasteiger partial charge in [-0.1, -0.05) is 18.2 Å². The predicted molar refractivity (Wildman–Crippen MR) is 91.5 cm³/mol. The van der Waals surface area contributed by atoms with Crippen LogP contribution in [0.3, 0.4) is 0 Å². The highest BCUT2D eigenvalue weighted by Crippen LogP contribution is 2.19. The van der Waals surface area contributed by atoms with E-state index in [2.05, 4.69) is 5.32 Å². The second-order valence-electron chi connectivity index (χ2n) is 6.74. The van der Waals surface area contributed by atoms with Crippen LogP contribution in [0.1, 0.15) is 50.9 Å². The average molecular weight is 323 g/mol. The van der Waals surface area contributed by atoms with Gasteiger partial charge in [0, 0.05) is 18.7 Å². The van der Waals surface area contributed by atoms with Crippen LogP contribution in [0.5, 0.6) is 0 Å². The Morgan fingerprint density at radius 3 is 2.39 bits per heavy atom. The molecule has 1 N–H and O–H groups in total. The Hall–Kier alpha value is -1.40. The van der Waals surface area contributed by atoms with Gasteiger partial charge in [0.25, 0.3) is 5.91 Å². The Labute approximate surface area is 139 Å². The fraction of sp³-hybridized carbons (Fsp3) is 0.588. The summed E-state index contributed by atoms with van der Waals surface area (Å²) in [6, 6.07) is 9.11. The van der Waals surface area contributed by atoms with Crippen molar-refractivity contribution in [3.63, 3.8) is 0 Å². The molecule has 0 bridgehead atoms. The van der Waals surface area contributed by atoms with Crippen molar-refractivity contribution in [1.82, 2.24) is 5.32 Å². The summed E-state index contributed by atoms with van der Waals surface area (Å²) in [5.41, 5.74) is -0.251. The summed E-state index contributed by atoms with van der Waals surface area (Å²) >= 11 is 0. The molecule has 4 nitrogen and oxygen atoms in total. The maximum atomic E-state index is 12.2. The van der Waals surface area contributed by atoms with Crippen molar-refractivity contribution >= 4 is 13.7 Å². The molecule has 0 saturated carbocycles. The minimum absolute atomic E-state index is 0.0844. The molecule has 0 aliphatic rings. The number of ether oxygens (including phenoxy) is 1. The normalized spacial score (nSPS) is 12.0. The maximum absolute atomic E-state index is 12.2. The molecular formula is C17H27BFNO3. The Morgan fingerprint density at radius 2 is 1.78 bits per heavy atom. The lowest BCUT2D eigenvalue weighted by atomic mass is 10.0. The number of nitrogens with one attached hydrogen (secondary N) is 1. The monoisotopic (exact) mass is 323 g/mol. The second-order valence-corrected chi connectivity index (χ2v) is 6.74. The van der Waals surface area contributed by atoms with Gasteiger partial charge in [0.15, 0.2) is 0 Å². The zero-order valence-corrected chi connectivity index (χ0v) is 14.5. The number of halogens is 1. The first-order valence-electron chi connectivity index (χ1n) is 7.93. The molecule has 0 aliphatic heterocycles. The van der Waals surface area contributed by atoms with Gasteiger partial charge in [-0.2, -0.15) is 0 Å². The summed E-state index contributed by atoms with van der Waals surface area (Å²) in [4.78, 5) is 11.9. The maximum Gasteiger partial charge on any atom is 0.482 e. The molecule has 23 heavy (non-hydrogen) atoms. The van der Waals surface area contributed by atoms with E-state index in [1.807, 2.05) is 45.9 Å². The van der Waals surface area contributed by atoms with E-state index in [1.165, 1.54) is 0 Å². The highest BCUT2D eigenvalue weighted by Gasteiger charge is 2.22. The van der Waals surface area contributed by atoms with Crippen molar-refractivity contribution in [2.45, 2.75) is 51.7 Å². The molecule has 1 aromatic rings. The zero-order chi connectivity index (χ0) is 17.3. The molecule has 128 valence electrons. The molecule has 0 aliphatic carbocycles. The number of carbonyl (C=O) groups excluding carboxylic acids is 1. The predicted octanol–water partition coefficient (Wildman–Crippen LogP) is 3.02. The Bertz CT molecular complexity index is 480. The van der Waals surface area contributed by atoms with Crippen molar-refractivity contribution < 1.29 is 18.5 Å². The Morgan fingerprint density at radius 1 is 1.13 bits per heavy atom. The lowest BCUT2D eigenvalue weighted by Gasteiger charge is -2.29. The number of hydrogen-bond donors (Lipinski definition) is 1. The number of benzene rings is 1. The highest BCUT2D eigenvalue weighted by molar-refractivity contribution is 6.17. The van der Waals surface area contributed by atoms with Crippen molar-refractivity contribution in [2.24, 2.45) is 0 Å². The zero-order valence-electron chi connectivity index (χ0n) is 14.5. The second kappa shape index (κ2) is 9.04. The van der Waals surface area contributed by atoms with Crippen LogP contribution < -0.4 is 5.32 Å². The third-order valence-electron chi connectivity index (χ3n) is 3.69. The molecule has 0 heterocycles. The van der Waals surface area contributed by atoms with Gasteiger partial charge in [-0.15, -0.1) is 0 Å². The van der Waals surface area contributed by atoms with Crippen molar-refractivity contribution in [2.75, 3.05) is 13.2 Å². The molecule has 0 saturated heterocycles. The number of amides is 1. The van der Waals surface area contributed by atoms with Gasteiger partial charge in [0.1, 0.15) is 0 Å². The molecule has 0 atom stereocenters. The van der Waals surface area contributed by atoms with Gasteiger partial charge in [0.05, 0.1) is 11.2 Å². The SMILES string of the molecule is CC(C)(CCOC(C)(C)CCNC(=O)c1ccccc1)OBF. The molecule has 0 unspecified atom stereocenters. The molecule has 0 radical (unpaired) electrons. The first kappa shape index (κ1) is 19.7. The molecule has 0 fully saturated rings. The number of rotatable bonds is 10. The van der Waals surface area contributed by atoms with Crippen LogP contribution in [-0.2, 0) is 9.39 Å². The Balaban J connectivity index is 2.28. The number of carbonyl (C=O) groups is 1. The minimum Gasteiger partial charge on any atom is -0.406 e. The van der Waals surface area contributed by atoms with Crippen molar-refractivity contribution in [3.05, 3.63) is 35.9 Å². The first-order chi connectivity index (χ1) is 10.8. The molecule has 0 spiro atoms. The minimum atomic E-state index is -0.790. The van der Waals surface area contributed by atoms with E-state index in [4.69, 9.17) is 9.39 Å². The van der Waals surface area contributed by atoms with Crippen molar-refractivity contribution in [1.29, 1.82) is 0 Å². The highest BCUT2D eigenvalue weighted by atomic mass is 19.1. The van der Waals surface area contributed by atoms with Crippen LogP contribution in [-0.4, -0.2) is 38.0 Å². The van der Waals surface area contributed by atoms with Gasteiger partial charge in [-0.3, -0.25) is 9.11 Å². The third kappa shape index (κ3) is 8.14. The molecule has 1 aromatic carbocycles. The van der Waals surface area contributed by atoms with Crippen LogP contribution in [0, 0.1) is 0 Å². The molecule has 0 aromatic heterocycles. The van der Waals surface area contributed by atoms with E-state index in [1.54, 1.807) is 12.1 Å². The first-order valence-corrected chi connectivity index (χ1v) is 7.93. The topological polar surface area (TPSA) is 47.6 Å². The van der Waals surface area contributed by atoms with E-state index < -0.39 is 13.4 Å². The van der Waals surface area contributed by atoms with Crippen LogP contribution in [0.2, 0.25) is 0 Å². The van der Waals surface area contributed by atoms with Gasteiger partial charge in [-0.25, -0.2) is 0 Å². The van der Waals surface area contributed by atoms with E-state index in [0.717, 1.165) is 0 Å². The summed E-state index contributed by atoms with van der Waals surface area (Å²) < 4.78 is 23.1. The summed E-state index contributed by atoms with van der Waals surface area (Å²) in [6.07, 6.45) is 1.30. The van der Waals surface area contributed by atoms with E-state index in [-0.39, 0.29) is 11.5 Å². The molecule has 6 heteroatoms. The van der Waals surface area contributed by atoms with E-state index >= 15 is 0 Å². The standard InChI is InChI=1S/C17H27BFNO3/c1-16(2,22-13-11-17(3,4)23-18-19)10-12-20-15(21)14-8-6-5-7-9-14/h5-9,18H,10-13H2,1-4H3,(H,20,21). The van der Waals surface area contributed by atoms with Gasteiger partial charge in [-0.05, 0) is 52.7 Å². The molecule has 1 rings (SSSR count). The quantitative estimate of drug-likeness (QED) is 0.673. The van der Waals surface area contributed by atoms with E-state index in [0.29, 0.717) is 31.6 Å². The third-order valence-corrected chi connectivity index (χ3v) is 3.69. The molecular weight excluding hydrogens is 296 g/mol. The number of hydrogen-bond acceptors (Lipinski definition) is 3. The lowest BCUT2D eigenvalue weighted by molar-refractivity contribution is -0.0449. The summed E-state index contributed by atoms with van der Waals surface area (Å²) in [5, 5.41) is 2.89. The van der Waals surface area contributed by atoms with Gasteiger partial charge in [0.2, 0.25) is 0 Å². The van der Waals surface area contributed by atoms with Crippen LogP contribution >= 0.6 is 0 Å². The molecule has 1 amide bonds. The van der Waals surface area contributed by atoms with Crippen LogP contribution in [0.25, 0.3) is 0 Å². The largest absolute Gasteiger partial charge is 0.482 e. The smallest absolute Gasteiger partial charge is 0.406 e. The van der Waals surface area contributed by atoms with Gasteiger partial charge >= 0.3 is 7.76 Å². The fourth-order valence-electron chi connectivity index (χ4n) is 2.03. The van der Waals surface area contributed by atoms with E-state index in [9.17, 15) is 9.11 Å². The lowest BCUT2D eigenvalue weighted by Crippen LogP contribution is -2.35. The summed E-state index contributed by atoms with van der Waals surface area (Å²) in [7, 11) is -0.790. The summed E-state index contributed by atoms with van der Waals surface area (Å²) in [5.74, 6) is -0.0844.